The number of halogens is 1. The number of esters is 1. The van der Waals surface area contributed by atoms with Gasteiger partial charge in [-0.25, -0.2) is 9.18 Å². The zero-order chi connectivity index (χ0) is 12.1. The van der Waals surface area contributed by atoms with Gasteiger partial charge >= 0.3 is 5.97 Å². The van der Waals surface area contributed by atoms with E-state index in [0.29, 0.717) is 5.56 Å². The molecule has 0 unspecified atom stereocenters. The predicted molar refractivity (Wildman–Crippen MR) is 54.9 cm³/mol. The van der Waals surface area contributed by atoms with Crippen LogP contribution >= 0.6 is 0 Å². The highest BCUT2D eigenvalue weighted by Gasteiger charge is 2.18. The van der Waals surface area contributed by atoms with E-state index in [-0.39, 0.29) is 6.42 Å². The van der Waals surface area contributed by atoms with E-state index in [1.165, 1.54) is 24.3 Å². The number of benzene rings is 1. The van der Waals surface area contributed by atoms with Gasteiger partial charge in [-0.3, -0.25) is 10.2 Å². The Morgan fingerprint density at radius 2 is 1.88 bits per heavy atom. The molecule has 1 aromatic carbocycles. The van der Waals surface area contributed by atoms with Crippen molar-refractivity contribution in [2.24, 2.45) is 0 Å². The minimum atomic E-state index is -0.966. The van der Waals surface area contributed by atoms with Gasteiger partial charge in [0.2, 0.25) is 0 Å². The Morgan fingerprint density at radius 1 is 1.31 bits per heavy atom. The minimum Gasteiger partial charge on any atom is -0.464 e. The molecule has 0 heterocycles. The molecule has 0 saturated heterocycles. The standard InChI is InChI=1S/C11H10FNO3/c1-16-11(15)10(13)9(14)6-7-2-4-8(12)5-3-7/h2-5,13H,6H2,1H3. The molecule has 4 nitrogen and oxygen atoms in total. The molecule has 1 rings (SSSR count). The number of ketones is 1. The van der Waals surface area contributed by atoms with Crippen molar-refractivity contribution in [3.8, 4) is 0 Å². The summed E-state index contributed by atoms with van der Waals surface area (Å²) >= 11 is 0. The van der Waals surface area contributed by atoms with Crippen LogP contribution in [0.4, 0.5) is 4.39 Å². The van der Waals surface area contributed by atoms with Crippen molar-refractivity contribution in [3.05, 3.63) is 35.6 Å². The third kappa shape index (κ3) is 2.98. The van der Waals surface area contributed by atoms with Crippen molar-refractivity contribution in [1.82, 2.24) is 0 Å². The Morgan fingerprint density at radius 3 is 2.38 bits per heavy atom. The zero-order valence-electron chi connectivity index (χ0n) is 8.62. The number of nitrogens with one attached hydrogen (secondary N) is 1. The van der Waals surface area contributed by atoms with Gasteiger partial charge in [-0.15, -0.1) is 0 Å². The molecule has 0 saturated carbocycles. The molecular formula is C11H10FNO3. The summed E-state index contributed by atoms with van der Waals surface area (Å²) in [6, 6.07) is 5.28. The van der Waals surface area contributed by atoms with Crippen LogP contribution < -0.4 is 0 Å². The summed E-state index contributed by atoms with van der Waals surface area (Å²) in [5.41, 5.74) is -0.160. The number of ether oxygens (including phenoxy) is 1. The van der Waals surface area contributed by atoms with Crippen LogP contribution in [0.3, 0.4) is 0 Å². The molecule has 0 aromatic heterocycles. The van der Waals surface area contributed by atoms with Crippen LogP contribution in [0.25, 0.3) is 0 Å². The zero-order valence-corrected chi connectivity index (χ0v) is 8.62. The maximum Gasteiger partial charge on any atom is 0.359 e. The van der Waals surface area contributed by atoms with Crippen molar-refractivity contribution in [2.75, 3.05) is 7.11 Å². The number of carbonyl (C=O) groups excluding carboxylic acids is 2. The molecule has 5 heteroatoms. The lowest BCUT2D eigenvalue weighted by molar-refractivity contribution is -0.133. The van der Waals surface area contributed by atoms with E-state index in [2.05, 4.69) is 4.74 Å². The molecule has 0 radical (unpaired) electrons. The lowest BCUT2D eigenvalue weighted by atomic mass is 10.1. The van der Waals surface area contributed by atoms with E-state index < -0.39 is 23.3 Å². The second kappa shape index (κ2) is 5.16. The quantitative estimate of drug-likeness (QED) is 0.472. The number of rotatable bonds is 4. The molecule has 0 spiro atoms. The molecule has 1 N–H and O–H groups in total. The summed E-state index contributed by atoms with van der Waals surface area (Å²) in [5, 5.41) is 7.19. The molecule has 0 aliphatic rings. The first-order chi connectivity index (χ1) is 7.54. The molecule has 84 valence electrons. The number of Topliss-reactive ketones (excluding diaryl/α,β-unsaturated/α-hetero) is 1. The van der Waals surface area contributed by atoms with Gasteiger partial charge in [0.1, 0.15) is 5.82 Å². The molecule has 0 amide bonds. The van der Waals surface area contributed by atoms with Crippen molar-refractivity contribution < 1.29 is 18.7 Å². The van der Waals surface area contributed by atoms with Crippen LogP contribution in [0.15, 0.2) is 24.3 Å². The summed E-state index contributed by atoms with van der Waals surface area (Å²) in [6.45, 7) is 0. The van der Waals surface area contributed by atoms with Crippen LogP contribution in [-0.4, -0.2) is 24.6 Å². The second-order valence-electron chi connectivity index (χ2n) is 3.09. The Kier molecular flexibility index (Phi) is 3.88. The van der Waals surface area contributed by atoms with Crippen LogP contribution in [0.5, 0.6) is 0 Å². The van der Waals surface area contributed by atoms with E-state index in [4.69, 9.17) is 5.41 Å². The number of carbonyl (C=O) groups is 2. The molecule has 0 aliphatic heterocycles. The van der Waals surface area contributed by atoms with Gasteiger partial charge in [-0.1, -0.05) is 12.1 Å². The van der Waals surface area contributed by atoms with E-state index in [9.17, 15) is 14.0 Å². The maximum absolute atomic E-state index is 12.6. The molecule has 0 fully saturated rings. The molecule has 0 atom stereocenters. The SMILES string of the molecule is COC(=O)C(=N)C(=O)Cc1ccc(F)cc1. The van der Waals surface area contributed by atoms with Gasteiger partial charge in [0, 0.05) is 6.42 Å². The second-order valence-corrected chi connectivity index (χ2v) is 3.09. The van der Waals surface area contributed by atoms with Crippen LogP contribution in [0.1, 0.15) is 5.56 Å². The Balaban J connectivity index is 2.68. The average molecular weight is 223 g/mol. The van der Waals surface area contributed by atoms with E-state index >= 15 is 0 Å². The van der Waals surface area contributed by atoms with Crippen molar-refractivity contribution in [3.63, 3.8) is 0 Å². The molecule has 0 bridgehead atoms. The third-order valence-electron chi connectivity index (χ3n) is 1.95. The van der Waals surface area contributed by atoms with Crippen LogP contribution in [0, 0.1) is 11.2 Å². The number of hydrogen-bond acceptors (Lipinski definition) is 4. The summed E-state index contributed by atoms with van der Waals surface area (Å²) < 4.78 is 16.8. The summed E-state index contributed by atoms with van der Waals surface area (Å²) in [6.07, 6.45) is -0.117. The lowest BCUT2D eigenvalue weighted by Crippen LogP contribution is -2.25. The average Bonchev–Trinajstić information content (AvgIpc) is 2.30. The van der Waals surface area contributed by atoms with E-state index in [1.807, 2.05) is 0 Å². The van der Waals surface area contributed by atoms with Crippen LogP contribution in [0.2, 0.25) is 0 Å². The fourth-order valence-corrected chi connectivity index (χ4v) is 1.09. The van der Waals surface area contributed by atoms with Gasteiger partial charge in [0.15, 0.2) is 11.5 Å². The number of methoxy groups -OCH3 is 1. The topological polar surface area (TPSA) is 67.2 Å². The molecule has 16 heavy (non-hydrogen) atoms. The monoisotopic (exact) mass is 223 g/mol. The van der Waals surface area contributed by atoms with E-state index in [1.54, 1.807) is 0 Å². The van der Waals surface area contributed by atoms with Gasteiger partial charge in [-0.05, 0) is 17.7 Å². The highest BCUT2D eigenvalue weighted by Crippen LogP contribution is 2.04. The Labute approximate surface area is 91.5 Å². The molecule has 0 aliphatic carbocycles. The highest BCUT2D eigenvalue weighted by atomic mass is 19.1. The first-order valence-electron chi connectivity index (χ1n) is 4.49. The summed E-state index contributed by atoms with van der Waals surface area (Å²) in [4.78, 5) is 22.2. The fraction of sp³-hybridized carbons (Fsp3) is 0.182. The normalized spacial score (nSPS) is 9.62. The van der Waals surface area contributed by atoms with Crippen molar-refractivity contribution in [2.45, 2.75) is 6.42 Å². The Bertz CT molecular complexity index is 425. The summed E-state index contributed by atoms with van der Waals surface area (Å²) in [7, 11) is 1.10. The van der Waals surface area contributed by atoms with Crippen LogP contribution in [-0.2, 0) is 20.7 Å². The minimum absolute atomic E-state index is 0.117. The van der Waals surface area contributed by atoms with Gasteiger partial charge in [0.25, 0.3) is 0 Å². The van der Waals surface area contributed by atoms with Crippen molar-refractivity contribution >= 4 is 17.5 Å². The smallest absolute Gasteiger partial charge is 0.359 e. The number of hydrogen-bond donors (Lipinski definition) is 1. The largest absolute Gasteiger partial charge is 0.464 e. The van der Waals surface area contributed by atoms with Gasteiger partial charge in [-0.2, -0.15) is 0 Å². The Hall–Kier alpha value is -2.04. The van der Waals surface area contributed by atoms with E-state index in [0.717, 1.165) is 7.11 Å². The van der Waals surface area contributed by atoms with Gasteiger partial charge < -0.3 is 4.74 Å². The first-order valence-corrected chi connectivity index (χ1v) is 4.49. The lowest BCUT2D eigenvalue weighted by Gasteiger charge is -2.01. The maximum atomic E-state index is 12.6. The summed E-state index contributed by atoms with van der Waals surface area (Å²) in [5.74, 6) is -2.02. The predicted octanol–water partition coefficient (Wildman–Crippen LogP) is 1.13. The molecular weight excluding hydrogens is 213 g/mol. The fourth-order valence-electron chi connectivity index (χ4n) is 1.09. The third-order valence-corrected chi connectivity index (χ3v) is 1.95. The van der Waals surface area contributed by atoms with Gasteiger partial charge in [0.05, 0.1) is 7.11 Å². The molecule has 1 aromatic rings. The first kappa shape index (κ1) is 12.0. The highest BCUT2D eigenvalue weighted by molar-refractivity contribution is 6.63. The van der Waals surface area contributed by atoms with Crippen molar-refractivity contribution in [1.29, 1.82) is 5.41 Å².